The summed E-state index contributed by atoms with van der Waals surface area (Å²) in [6.07, 6.45) is -0.501. The minimum Gasteiger partial charge on any atom is -0.487 e. The van der Waals surface area contributed by atoms with Gasteiger partial charge in [-0.2, -0.15) is 0 Å². The highest BCUT2D eigenvalue weighted by Gasteiger charge is 2.02. The molecule has 0 aliphatic carbocycles. The number of carbonyl (C=O) groups is 1. The molecule has 5 nitrogen and oxygen atoms in total. The van der Waals surface area contributed by atoms with Crippen molar-refractivity contribution in [3.63, 3.8) is 0 Å². The molecule has 23 heavy (non-hydrogen) atoms. The van der Waals surface area contributed by atoms with E-state index < -0.39 is 6.09 Å². The number of rotatable bonds is 4. The number of methoxy groups -OCH3 is 1. The fraction of sp³-hybridized carbons (Fsp3) is 0.111. The summed E-state index contributed by atoms with van der Waals surface area (Å²) in [6, 6.07) is 19.0. The van der Waals surface area contributed by atoms with Crippen LogP contribution < -0.4 is 10.1 Å². The molecule has 0 radical (unpaired) electrons. The van der Waals surface area contributed by atoms with Crippen molar-refractivity contribution in [2.24, 2.45) is 0 Å². The van der Waals surface area contributed by atoms with Gasteiger partial charge < -0.3 is 9.47 Å². The van der Waals surface area contributed by atoms with Crippen LogP contribution >= 0.6 is 0 Å². The van der Waals surface area contributed by atoms with Crippen LogP contribution in [0, 0.1) is 0 Å². The summed E-state index contributed by atoms with van der Waals surface area (Å²) in [5.41, 5.74) is 2.46. The van der Waals surface area contributed by atoms with E-state index >= 15 is 0 Å². The molecule has 0 saturated heterocycles. The van der Waals surface area contributed by atoms with Crippen LogP contribution in [0.4, 0.5) is 10.5 Å². The van der Waals surface area contributed by atoms with Crippen LogP contribution in [0.3, 0.4) is 0 Å². The van der Waals surface area contributed by atoms with Crippen LogP contribution in [0.2, 0.25) is 0 Å². The van der Waals surface area contributed by atoms with E-state index in [1.54, 1.807) is 24.3 Å². The molecule has 0 spiro atoms. The molecule has 0 bridgehead atoms. The van der Waals surface area contributed by atoms with Crippen LogP contribution in [0.25, 0.3) is 10.9 Å². The molecule has 2 aromatic carbocycles. The van der Waals surface area contributed by atoms with Gasteiger partial charge in [-0.15, -0.1) is 0 Å². The topological polar surface area (TPSA) is 60.5 Å². The van der Waals surface area contributed by atoms with Crippen molar-refractivity contribution in [1.82, 2.24) is 4.98 Å². The van der Waals surface area contributed by atoms with Crippen molar-refractivity contribution in [1.29, 1.82) is 0 Å². The van der Waals surface area contributed by atoms with Crippen molar-refractivity contribution in [3.05, 3.63) is 66.4 Å². The number of hydrogen-bond acceptors (Lipinski definition) is 4. The highest BCUT2D eigenvalue weighted by molar-refractivity contribution is 5.84. The Hall–Kier alpha value is -3.08. The zero-order valence-electron chi connectivity index (χ0n) is 12.7. The maximum atomic E-state index is 11.1. The van der Waals surface area contributed by atoms with Gasteiger partial charge >= 0.3 is 6.09 Å². The van der Waals surface area contributed by atoms with E-state index in [2.05, 4.69) is 15.0 Å². The molecule has 0 aliphatic rings. The third-order valence-electron chi connectivity index (χ3n) is 3.33. The molecule has 1 amide bonds. The molecule has 1 aromatic heterocycles. The number of fused-ring (bicyclic) bond motifs is 1. The summed E-state index contributed by atoms with van der Waals surface area (Å²) in [6.45, 7) is 0.384. The van der Waals surface area contributed by atoms with Gasteiger partial charge in [-0.3, -0.25) is 5.32 Å². The maximum absolute atomic E-state index is 11.1. The first kappa shape index (κ1) is 14.8. The molecular weight excluding hydrogens is 292 g/mol. The first-order chi connectivity index (χ1) is 11.2. The molecule has 0 aliphatic heterocycles. The van der Waals surface area contributed by atoms with Gasteiger partial charge in [0.15, 0.2) is 0 Å². The first-order valence-electron chi connectivity index (χ1n) is 7.17. The summed E-state index contributed by atoms with van der Waals surface area (Å²) in [5, 5.41) is 3.69. The number of amides is 1. The molecule has 0 unspecified atom stereocenters. The summed E-state index contributed by atoms with van der Waals surface area (Å²) in [4.78, 5) is 15.7. The highest BCUT2D eigenvalue weighted by Crippen LogP contribution is 2.18. The molecule has 0 fully saturated rings. The van der Waals surface area contributed by atoms with Crippen LogP contribution in [0.5, 0.6) is 5.75 Å². The smallest absolute Gasteiger partial charge is 0.411 e. The van der Waals surface area contributed by atoms with Gasteiger partial charge in [-0.25, -0.2) is 9.78 Å². The molecule has 1 N–H and O–H groups in total. The van der Waals surface area contributed by atoms with Crippen LogP contribution in [-0.2, 0) is 11.3 Å². The van der Waals surface area contributed by atoms with Crippen molar-refractivity contribution < 1.29 is 14.3 Å². The van der Waals surface area contributed by atoms with Gasteiger partial charge in [-0.05, 0) is 36.4 Å². The Morgan fingerprint density at radius 1 is 1.04 bits per heavy atom. The lowest BCUT2D eigenvalue weighted by Crippen LogP contribution is -2.10. The Bertz CT molecular complexity index is 816. The summed E-state index contributed by atoms with van der Waals surface area (Å²) < 4.78 is 10.3. The van der Waals surface area contributed by atoms with E-state index in [1.165, 1.54) is 7.11 Å². The lowest BCUT2D eigenvalue weighted by molar-refractivity contribution is 0.187. The van der Waals surface area contributed by atoms with E-state index in [1.807, 2.05) is 36.4 Å². The fourth-order valence-electron chi connectivity index (χ4n) is 2.15. The Morgan fingerprint density at radius 2 is 1.83 bits per heavy atom. The number of aromatic nitrogens is 1. The van der Waals surface area contributed by atoms with Gasteiger partial charge in [0.1, 0.15) is 12.4 Å². The van der Waals surface area contributed by atoms with Gasteiger partial charge in [0.2, 0.25) is 0 Å². The Labute approximate surface area is 133 Å². The van der Waals surface area contributed by atoms with E-state index in [0.29, 0.717) is 18.0 Å². The zero-order valence-corrected chi connectivity index (χ0v) is 12.7. The number of carbonyl (C=O) groups excluding carboxylic acids is 1. The molecule has 5 heteroatoms. The average molecular weight is 308 g/mol. The lowest BCUT2D eigenvalue weighted by atomic mass is 10.2. The third kappa shape index (κ3) is 3.77. The summed E-state index contributed by atoms with van der Waals surface area (Å²) in [7, 11) is 1.32. The number of para-hydroxylation sites is 1. The molecule has 3 rings (SSSR count). The quantitative estimate of drug-likeness (QED) is 0.791. The van der Waals surface area contributed by atoms with Crippen molar-refractivity contribution in [2.45, 2.75) is 6.61 Å². The van der Waals surface area contributed by atoms with E-state index in [9.17, 15) is 4.79 Å². The number of pyridine rings is 1. The molecule has 0 saturated carbocycles. The second-order valence-electron chi connectivity index (χ2n) is 4.92. The number of benzene rings is 2. The van der Waals surface area contributed by atoms with Gasteiger partial charge in [0.05, 0.1) is 18.3 Å². The maximum Gasteiger partial charge on any atom is 0.411 e. The Balaban J connectivity index is 1.63. The predicted octanol–water partition coefficient (Wildman–Crippen LogP) is 3.99. The largest absolute Gasteiger partial charge is 0.487 e. The number of nitrogens with one attached hydrogen (secondary N) is 1. The van der Waals surface area contributed by atoms with Crippen LogP contribution in [-0.4, -0.2) is 18.2 Å². The fourth-order valence-corrected chi connectivity index (χ4v) is 2.15. The predicted molar refractivity (Wildman–Crippen MR) is 88.5 cm³/mol. The van der Waals surface area contributed by atoms with Gasteiger partial charge in [0.25, 0.3) is 0 Å². The van der Waals surface area contributed by atoms with E-state index in [0.717, 1.165) is 16.6 Å². The van der Waals surface area contributed by atoms with Crippen molar-refractivity contribution in [2.75, 3.05) is 12.4 Å². The monoisotopic (exact) mass is 308 g/mol. The van der Waals surface area contributed by atoms with Crippen LogP contribution in [0.1, 0.15) is 5.69 Å². The molecule has 0 atom stereocenters. The van der Waals surface area contributed by atoms with E-state index in [4.69, 9.17) is 4.74 Å². The normalized spacial score (nSPS) is 10.3. The highest BCUT2D eigenvalue weighted by atomic mass is 16.5. The van der Waals surface area contributed by atoms with Gasteiger partial charge in [-0.1, -0.05) is 24.3 Å². The lowest BCUT2D eigenvalue weighted by Gasteiger charge is -2.08. The summed E-state index contributed by atoms with van der Waals surface area (Å²) >= 11 is 0. The number of ether oxygens (including phenoxy) is 2. The van der Waals surface area contributed by atoms with Crippen molar-refractivity contribution in [3.8, 4) is 5.75 Å². The zero-order chi connectivity index (χ0) is 16.1. The van der Waals surface area contributed by atoms with Crippen LogP contribution in [0.15, 0.2) is 60.7 Å². The van der Waals surface area contributed by atoms with Gasteiger partial charge in [0, 0.05) is 11.1 Å². The molecule has 116 valence electrons. The third-order valence-corrected chi connectivity index (χ3v) is 3.33. The van der Waals surface area contributed by atoms with Crippen molar-refractivity contribution >= 4 is 22.7 Å². The number of hydrogen-bond donors (Lipinski definition) is 1. The minimum absolute atomic E-state index is 0.384. The molecule has 3 aromatic rings. The minimum atomic E-state index is -0.501. The second-order valence-corrected chi connectivity index (χ2v) is 4.92. The Kier molecular flexibility index (Phi) is 4.38. The average Bonchev–Trinajstić information content (AvgIpc) is 2.61. The van der Waals surface area contributed by atoms with E-state index in [-0.39, 0.29) is 0 Å². The number of nitrogens with zero attached hydrogens (tertiary/aromatic N) is 1. The number of anilines is 1. The standard InChI is InChI=1S/C18H16N2O3/c1-22-18(21)20-14-8-10-16(11-9-14)23-12-15-7-6-13-4-2-3-5-17(13)19-15/h2-11H,12H2,1H3,(H,20,21). The second kappa shape index (κ2) is 6.79. The summed E-state index contributed by atoms with van der Waals surface area (Å²) in [5.74, 6) is 0.704. The molecule has 1 heterocycles. The molecular formula is C18H16N2O3. The first-order valence-corrected chi connectivity index (χ1v) is 7.17. The SMILES string of the molecule is COC(=O)Nc1ccc(OCc2ccc3ccccc3n2)cc1. The Morgan fingerprint density at radius 3 is 2.61 bits per heavy atom.